The first-order valence-corrected chi connectivity index (χ1v) is 7.12. The predicted octanol–water partition coefficient (Wildman–Crippen LogP) is 4.54. The highest BCUT2D eigenvalue weighted by Crippen LogP contribution is 2.37. The van der Waals surface area contributed by atoms with Crippen LogP contribution in [0.2, 0.25) is 0 Å². The lowest BCUT2D eigenvalue weighted by Gasteiger charge is -2.14. The number of halogens is 3. The Morgan fingerprint density at radius 1 is 0.917 bits per heavy atom. The molecule has 1 aromatic heterocycles. The summed E-state index contributed by atoms with van der Waals surface area (Å²) in [7, 11) is 1.32. The van der Waals surface area contributed by atoms with Crippen molar-refractivity contribution < 1.29 is 17.9 Å². The Hall–Kier alpha value is -2.89. The second kappa shape index (κ2) is 6.31. The lowest BCUT2D eigenvalue weighted by atomic mass is 9.97. The van der Waals surface area contributed by atoms with Crippen LogP contribution in [0.25, 0.3) is 22.4 Å². The highest BCUT2D eigenvalue weighted by atomic mass is 19.1. The third-order valence-corrected chi connectivity index (χ3v) is 3.64. The predicted molar refractivity (Wildman–Crippen MR) is 84.1 cm³/mol. The zero-order valence-electron chi connectivity index (χ0n) is 13.0. The lowest BCUT2D eigenvalue weighted by Crippen LogP contribution is -2.01. The number of ether oxygens (including phenoxy) is 1. The van der Waals surface area contributed by atoms with Crippen molar-refractivity contribution in [2.75, 3.05) is 7.11 Å². The molecule has 0 amide bonds. The van der Waals surface area contributed by atoms with Crippen molar-refractivity contribution in [3.05, 3.63) is 65.9 Å². The van der Waals surface area contributed by atoms with E-state index in [1.54, 1.807) is 13.0 Å². The molecule has 3 nitrogen and oxygen atoms in total. The van der Waals surface area contributed by atoms with Gasteiger partial charge in [0, 0.05) is 29.0 Å². The van der Waals surface area contributed by atoms with Gasteiger partial charge < -0.3 is 4.74 Å². The van der Waals surface area contributed by atoms with Gasteiger partial charge in [-0.05, 0) is 19.1 Å². The van der Waals surface area contributed by atoms with Crippen LogP contribution >= 0.6 is 0 Å². The SMILES string of the molecule is COc1cc(F)c(-c2c(C)ncnc2-c2cccc(F)c2)c(F)c1. The lowest BCUT2D eigenvalue weighted by molar-refractivity contribution is 0.407. The average Bonchev–Trinajstić information content (AvgIpc) is 2.55. The van der Waals surface area contributed by atoms with Crippen molar-refractivity contribution in [1.29, 1.82) is 0 Å². The van der Waals surface area contributed by atoms with Crippen LogP contribution in [0.15, 0.2) is 42.7 Å². The van der Waals surface area contributed by atoms with Crippen molar-refractivity contribution in [2.45, 2.75) is 6.92 Å². The van der Waals surface area contributed by atoms with E-state index in [0.717, 1.165) is 12.1 Å². The normalized spacial score (nSPS) is 10.7. The van der Waals surface area contributed by atoms with Gasteiger partial charge in [-0.15, -0.1) is 0 Å². The standard InChI is InChI=1S/C18H13F3N2O/c1-10-16(17-14(20)7-13(24-2)8-15(17)21)18(23-9-22-10)11-4-3-5-12(19)6-11/h3-9H,1-2H3. The molecule has 0 unspecified atom stereocenters. The molecule has 3 rings (SSSR count). The maximum absolute atomic E-state index is 14.5. The molecule has 122 valence electrons. The summed E-state index contributed by atoms with van der Waals surface area (Å²) in [6, 6.07) is 7.83. The minimum atomic E-state index is -0.803. The van der Waals surface area contributed by atoms with Crippen molar-refractivity contribution in [3.8, 4) is 28.1 Å². The molecule has 0 radical (unpaired) electrons. The Balaban J connectivity index is 2.30. The second-order valence-electron chi connectivity index (χ2n) is 5.16. The maximum Gasteiger partial charge on any atom is 0.137 e. The molecule has 3 aromatic rings. The van der Waals surface area contributed by atoms with Crippen LogP contribution in [0.1, 0.15) is 5.69 Å². The maximum atomic E-state index is 14.5. The largest absolute Gasteiger partial charge is 0.497 e. The van der Waals surface area contributed by atoms with E-state index in [1.165, 1.54) is 31.6 Å². The third-order valence-electron chi connectivity index (χ3n) is 3.64. The van der Waals surface area contributed by atoms with Gasteiger partial charge in [-0.2, -0.15) is 0 Å². The molecular formula is C18H13F3N2O. The van der Waals surface area contributed by atoms with Gasteiger partial charge >= 0.3 is 0 Å². The van der Waals surface area contributed by atoms with Crippen molar-refractivity contribution in [2.24, 2.45) is 0 Å². The molecule has 1 heterocycles. The first kappa shape index (κ1) is 16.0. The van der Waals surface area contributed by atoms with E-state index < -0.39 is 17.5 Å². The van der Waals surface area contributed by atoms with Crippen LogP contribution in [-0.2, 0) is 0 Å². The van der Waals surface area contributed by atoms with Crippen molar-refractivity contribution >= 4 is 0 Å². The van der Waals surface area contributed by atoms with Crippen LogP contribution in [0, 0.1) is 24.4 Å². The topological polar surface area (TPSA) is 35.0 Å². The van der Waals surface area contributed by atoms with E-state index >= 15 is 0 Å². The molecule has 0 aliphatic rings. The Labute approximate surface area is 136 Å². The molecule has 0 saturated carbocycles. The highest BCUT2D eigenvalue weighted by molar-refractivity contribution is 5.82. The monoisotopic (exact) mass is 330 g/mol. The molecule has 0 bridgehead atoms. The number of benzene rings is 2. The quantitative estimate of drug-likeness (QED) is 0.707. The van der Waals surface area contributed by atoms with E-state index in [-0.39, 0.29) is 22.6 Å². The van der Waals surface area contributed by atoms with Gasteiger partial charge in [-0.25, -0.2) is 23.1 Å². The molecule has 0 aliphatic heterocycles. The third kappa shape index (κ3) is 2.82. The zero-order valence-corrected chi connectivity index (χ0v) is 13.0. The Morgan fingerprint density at radius 3 is 2.25 bits per heavy atom. The molecular weight excluding hydrogens is 317 g/mol. The van der Waals surface area contributed by atoms with Gasteiger partial charge in [-0.3, -0.25) is 0 Å². The van der Waals surface area contributed by atoms with Gasteiger partial charge in [0.25, 0.3) is 0 Å². The van der Waals surface area contributed by atoms with Gasteiger partial charge in [0.15, 0.2) is 0 Å². The Bertz CT molecular complexity index is 890. The number of hydrogen-bond acceptors (Lipinski definition) is 3. The smallest absolute Gasteiger partial charge is 0.137 e. The fourth-order valence-electron chi connectivity index (χ4n) is 2.53. The fraction of sp³-hybridized carbons (Fsp3) is 0.111. The molecule has 0 aliphatic carbocycles. The second-order valence-corrected chi connectivity index (χ2v) is 5.16. The summed E-state index contributed by atoms with van der Waals surface area (Å²) in [5.41, 5.74) is 0.955. The van der Waals surface area contributed by atoms with Crippen LogP contribution in [-0.4, -0.2) is 17.1 Å². The zero-order chi connectivity index (χ0) is 17.3. The molecule has 0 spiro atoms. The molecule has 24 heavy (non-hydrogen) atoms. The van der Waals surface area contributed by atoms with E-state index in [0.29, 0.717) is 11.3 Å². The summed E-state index contributed by atoms with van der Waals surface area (Å²) in [5, 5.41) is 0. The van der Waals surface area contributed by atoms with E-state index in [9.17, 15) is 13.2 Å². The minimum Gasteiger partial charge on any atom is -0.497 e. The number of aromatic nitrogens is 2. The first-order chi connectivity index (χ1) is 11.5. The molecule has 0 saturated heterocycles. The summed E-state index contributed by atoms with van der Waals surface area (Å²) in [6.07, 6.45) is 1.28. The fourth-order valence-corrected chi connectivity index (χ4v) is 2.53. The van der Waals surface area contributed by atoms with Gasteiger partial charge in [0.2, 0.25) is 0 Å². The number of nitrogens with zero attached hydrogens (tertiary/aromatic N) is 2. The van der Waals surface area contributed by atoms with Crippen LogP contribution in [0.3, 0.4) is 0 Å². The summed E-state index contributed by atoms with van der Waals surface area (Å²) in [6.45, 7) is 1.61. The van der Waals surface area contributed by atoms with Crippen LogP contribution < -0.4 is 4.74 Å². The summed E-state index contributed by atoms with van der Waals surface area (Å²) in [4.78, 5) is 8.13. The minimum absolute atomic E-state index is 0.0653. The van der Waals surface area contributed by atoms with Crippen LogP contribution in [0.5, 0.6) is 5.75 Å². The number of rotatable bonds is 3. The molecule has 0 fully saturated rings. The Kier molecular flexibility index (Phi) is 4.20. The van der Waals surface area contributed by atoms with Gasteiger partial charge in [0.05, 0.1) is 18.4 Å². The number of aryl methyl sites for hydroxylation is 1. The number of methoxy groups -OCH3 is 1. The van der Waals surface area contributed by atoms with Crippen molar-refractivity contribution in [1.82, 2.24) is 9.97 Å². The van der Waals surface area contributed by atoms with E-state index in [1.807, 2.05) is 0 Å². The van der Waals surface area contributed by atoms with E-state index in [2.05, 4.69) is 9.97 Å². The summed E-state index contributed by atoms with van der Waals surface area (Å²) in [5.74, 6) is -2.01. The summed E-state index contributed by atoms with van der Waals surface area (Å²) >= 11 is 0. The highest BCUT2D eigenvalue weighted by Gasteiger charge is 2.21. The van der Waals surface area contributed by atoms with Gasteiger partial charge in [0.1, 0.15) is 29.5 Å². The molecule has 2 aromatic carbocycles. The molecule has 0 N–H and O–H groups in total. The Morgan fingerprint density at radius 2 is 1.62 bits per heavy atom. The first-order valence-electron chi connectivity index (χ1n) is 7.12. The van der Waals surface area contributed by atoms with E-state index in [4.69, 9.17) is 4.74 Å². The van der Waals surface area contributed by atoms with Crippen LogP contribution in [0.4, 0.5) is 13.2 Å². The summed E-state index contributed by atoms with van der Waals surface area (Å²) < 4.78 is 47.4. The van der Waals surface area contributed by atoms with Crippen molar-refractivity contribution in [3.63, 3.8) is 0 Å². The van der Waals surface area contributed by atoms with Gasteiger partial charge in [-0.1, -0.05) is 12.1 Å². The molecule has 6 heteroatoms. The average molecular weight is 330 g/mol. The molecule has 0 atom stereocenters. The number of hydrogen-bond donors (Lipinski definition) is 0.